The van der Waals surface area contributed by atoms with E-state index >= 15 is 0 Å². The van der Waals surface area contributed by atoms with E-state index in [0.29, 0.717) is 25.9 Å². The topological polar surface area (TPSA) is 175 Å². The summed E-state index contributed by atoms with van der Waals surface area (Å²) in [6.45, 7) is 16.4. The van der Waals surface area contributed by atoms with Crippen LogP contribution in [0.3, 0.4) is 0 Å². The number of carbonyl (C=O) groups excluding carboxylic acids is 6. The molecule has 6 atom stereocenters. The number of nitrogens with zero attached hydrogens (tertiary/aromatic N) is 1. The Balaban J connectivity index is 1.55. The van der Waals surface area contributed by atoms with Crippen molar-refractivity contribution in [2.75, 3.05) is 19.7 Å². The van der Waals surface area contributed by atoms with Crippen LogP contribution in [0.25, 0.3) is 0 Å². The fourth-order valence-corrected chi connectivity index (χ4v) is 7.81. The third kappa shape index (κ3) is 9.05. The first-order valence-corrected chi connectivity index (χ1v) is 18.4. The third-order valence-corrected chi connectivity index (χ3v) is 11.4. The van der Waals surface area contributed by atoms with E-state index < -0.39 is 64.7 Å². The van der Waals surface area contributed by atoms with Crippen LogP contribution in [0.5, 0.6) is 0 Å². The molecular weight excluding hydrogens is 628 g/mol. The molecule has 0 aromatic rings. The van der Waals surface area contributed by atoms with E-state index in [2.05, 4.69) is 40.4 Å². The number of urea groups is 1. The van der Waals surface area contributed by atoms with Crippen molar-refractivity contribution in [2.24, 2.45) is 28.1 Å². The van der Waals surface area contributed by atoms with Crippen molar-refractivity contribution in [3.63, 3.8) is 0 Å². The van der Waals surface area contributed by atoms with Gasteiger partial charge in [-0.25, -0.2) is 9.59 Å². The molecule has 6 amide bonds. The maximum absolute atomic E-state index is 14.7. The molecule has 0 radical (unpaired) electrons. The Hall–Kier alpha value is -3.38. The van der Waals surface area contributed by atoms with Gasteiger partial charge < -0.3 is 36.2 Å². The molecule has 5 N–H and O–H groups in total. The molecule has 3 saturated carbocycles. The molecule has 276 valence electrons. The van der Waals surface area contributed by atoms with Crippen LogP contribution in [0.2, 0.25) is 0 Å². The quantitative estimate of drug-likeness (QED) is 0.174. The second-order valence-corrected chi connectivity index (χ2v) is 16.7. The van der Waals surface area contributed by atoms with E-state index in [9.17, 15) is 28.8 Å². The van der Waals surface area contributed by atoms with Crippen LogP contribution in [0, 0.1) is 28.1 Å². The Bertz CT molecular complexity index is 1270. The maximum atomic E-state index is 14.7. The van der Waals surface area contributed by atoms with Gasteiger partial charge in [0, 0.05) is 19.1 Å². The summed E-state index contributed by atoms with van der Waals surface area (Å²) in [6, 6.07) is -3.82. The predicted molar refractivity (Wildman–Crippen MR) is 184 cm³/mol. The number of fused-ring (bicyclic) bond motifs is 1. The minimum Gasteiger partial charge on any atom is -0.447 e. The van der Waals surface area contributed by atoms with E-state index in [1.165, 1.54) is 0 Å². The molecule has 0 spiro atoms. The summed E-state index contributed by atoms with van der Waals surface area (Å²) in [7, 11) is 0. The van der Waals surface area contributed by atoms with Crippen molar-refractivity contribution < 1.29 is 33.5 Å². The first kappa shape index (κ1) is 38.4. The highest BCUT2D eigenvalue weighted by Gasteiger charge is 2.70. The van der Waals surface area contributed by atoms with Gasteiger partial charge in [-0.2, -0.15) is 0 Å². The van der Waals surface area contributed by atoms with Crippen LogP contribution in [0.1, 0.15) is 113 Å². The van der Waals surface area contributed by atoms with Gasteiger partial charge in [-0.05, 0) is 67.1 Å². The molecule has 4 fully saturated rings. The molecule has 3 unspecified atom stereocenters. The van der Waals surface area contributed by atoms with Crippen molar-refractivity contribution in [3.8, 4) is 0 Å². The average molecular weight is 689 g/mol. The summed E-state index contributed by atoms with van der Waals surface area (Å²) in [4.78, 5) is 82.0. The molecular formula is C36H60N6O7. The lowest BCUT2D eigenvalue weighted by molar-refractivity contribution is -0.146. The summed E-state index contributed by atoms with van der Waals surface area (Å²) in [5.74, 6) is -2.13. The van der Waals surface area contributed by atoms with Gasteiger partial charge >= 0.3 is 12.1 Å². The van der Waals surface area contributed by atoms with Crippen LogP contribution in [-0.2, 0) is 23.9 Å². The van der Waals surface area contributed by atoms with Gasteiger partial charge in [0.2, 0.25) is 17.6 Å². The number of Topliss-reactive ketones (excluding diaryl/α,β-unsaturated/α-hetero) is 1. The predicted octanol–water partition coefficient (Wildman–Crippen LogP) is 3.40. The Morgan fingerprint density at radius 3 is 2.14 bits per heavy atom. The van der Waals surface area contributed by atoms with Crippen molar-refractivity contribution in [2.45, 2.75) is 143 Å². The highest BCUT2D eigenvalue weighted by molar-refractivity contribution is 6.38. The molecule has 3 aliphatic carbocycles. The summed E-state index contributed by atoms with van der Waals surface area (Å²) < 4.78 is 5.36. The van der Waals surface area contributed by atoms with Gasteiger partial charge in [-0.15, -0.1) is 0 Å². The summed E-state index contributed by atoms with van der Waals surface area (Å²) in [5.41, 5.74) is -1.19. The second kappa shape index (κ2) is 15.2. The van der Waals surface area contributed by atoms with Crippen LogP contribution < -0.4 is 26.6 Å². The van der Waals surface area contributed by atoms with Crippen LogP contribution in [0.15, 0.2) is 0 Å². The molecule has 49 heavy (non-hydrogen) atoms. The SMILES string of the molecule is CCCC(NC(=O)[C@@H]1C2C(CN1C(=O)[C@@H](NC(=O)N[C@H](COC(=O)NCC)C(C)(C)C)C1(C)CCCCC1)C2(C)C)C(=O)C(=O)NC1CC1. The number of carbonyl (C=O) groups is 6. The lowest BCUT2D eigenvalue weighted by Crippen LogP contribution is -2.63. The van der Waals surface area contributed by atoms with E-state index in [0.717, 1.165) is 44.9 Å². The lowest BCUT2D eigenvalue weighted by atomic mass is 9.70. The van der Waals surface area contributed by atoms with Crippen molar-refractivity contribution in [3.05, 3.63) is 0 Å². The third-order valence-electron chi connectivity index (χ3n) is 11.4. The monoisotopic (exact) mass is 688 g/mol. The highest BCUT2D eigenvalue weighted by Crippen LogP contribution is 2.65. The van der Waals surface area contributed by atoms with Gasteiger partial charge in [0.1, 0.15) is 18.7 Å². The number of amides is 6. The number of nitrogens with one attached hydrogen (secondary N) is 5. The van der Waals surface area contributed by atoms with E-state index in [4.69, 9.17) is 4.74 Å². The number of hydrogen-bond acceptors (Lipinski definition) is 7. The number of ketones is 1. The standard InChI is InChI=1S/C36H60N6O7/c1-9-14-23(27(43)30(45)38-21-15-16-21)39-29(44)26-25-22(35(25,6)7)19-42(26)31(46)28(36(8)17-12-11-13-18-36)41-32(47)40-24(34(3,4)5)20-49-33(48)37-10-2/h21-26,28H,9-20H2,1-8H3,(H,37,48)(H,38,45)(H,39,44)(H2,40,41,47)/t22?,23?,24-,25?,26+,28-/m1/s1. The van der Waals surface area contributed by atoms with Crippen LogP contribution in [0.4, 0.5) is 9.59 Å². The van der Waals surface area contributed by atoms with Gasteiger partial charge in [-0.3, -0.25) is 19.2 Å². The molecule has 13 nitrogen and oxygen atoms in total. The first-order valence-electron chi connectivity index (χ1n) is 18.4. The van der Waals surface area contributed by atoms with Gasteiger partial charge in [0.05, 0.1) is 12.1 Å². The molecule has 1 aliphatic heterocycles. The minimum absolute atomic E-state index is 0.0138. The van der Waals surface area contributed by atoms with Gasteiger partial charge in [0.15, 0.2) is 0 Å². The largest absolute Gasteiger partial charge is 0.447 e. The number of hydrogen-bond donors (Lipinski definition) is 5. The molecule has 4 rings (SSSR count). The molecule has 0 aromatic heterocycles. The summed E-state index contributed by atoms with van der Waals surface area (Å²) in [5, 5.41) is 14.1. The van der Waals surface area contributed by atoms with E-state index in [1.54, 1.807) is 11.8 Å². The number of rotatable bonds is 14. The van der Waals surface area contributed by atoms with Crippen molar-refractivity contribution in [1.29, 1.82) is 0 Å². The number of likely N-dealkylation sites (tertiary alicyclic amines) is 1. The molecule has 4 aliphatic rings. The summed E-state index contributed by atoms with van der Waals surface area (Å²) in [6.07, 6.45) is 6.35. The van der Waals surface area contributed by atoms with Crippen molar-refractivity contribution in [1.82, 2.24) is 31.5 Å². The summed E-state index contributed by atoms with van der Waals surface area (Å²) >= 11 is 0. The molecule has 13 heteroatoms. The fraction of sp³-hybridized carbons (Fsp3) is 0.833. The Kier molecular flexibility index (Phi) is 12.0. The molecule has 1 heterocycles. The van der Waals surface area contributed by atoms with E-state index in [1.807, 2.05) is 34.6 Å². The zero-order valence-corrected chi connectivity index (χ0v) is 30.8. The number of piperidine rings is 1. The number of alkyl carbamates (subject to hydrolysis) is 1. The normalized spacial score (nSPS) is 25.5. The molecule has 1 saturated heterocycles. The Labute approximate surface area is 291 Å². The minimum atomic E-state index is -0.986. The molecule has 0 aromatic carbocycles. The Morgan fingerprint density at radius 1 is 0.918 bits per heavy atom. The smallest absolute Gasteiger partial charge is 0.407 e. The highest BCUT2D eigenvalue weighted by atomic mass is 16.5. The van der Waals surface area contributed by atoms with Crippen LogP contribution >= 0.6 is 0 Å². The van der Waals surface area contributed by atoms with Gasteiger partial charge in [-0.1, -0.05) is 74.1 Å². The zero-order chi connectivity index (χ0) is 36.3. The fourth-order valence-electron chi connectivity index (χ4n) is 7.81. The first-order chi connectivity index (χ1) is 22.9. The lowest BCUT2D eigenvalue weighted by Gasteiger charge is -2.43. The van der Waals surface area contributed by atoms with Crippen LogP contribution in [-0.4, -0.2) is 90.4 Å². The molecule has 0 bridgehead atoms. The van der Waals surface area contributed by atoms with E-state index in [-0.39, 0.29) is 35.8 Å². The van der Waals surface area contributed by atoms with Crippen molar-refractivity contribution >= 4 is 35.6 Å². The zero-order valence-electron chi connectivity index (χ0n) is 30.8. The second-order valence-electron chi connectivity index (χ2n) is 16.7. The van der Waals surface area contributed by atoms with Gasteiger partial charge in [0.25, 0.3) is 5.91 Å². The average Bonchev–Trinajstić information content (AvgIpc) is 3.88. The Morgan fingerprint density at radius 2 is 1.57 bits per heavy atom. The number of ether oxygens (including phenoxy) is 1. The maximum Gasteiger partial charge on any atom is 0.407 e.